The van der Waals surface area contributed by atoms with Gasteiger partial charge in [-0.2, -0.15) is 0 Å². The lowest BCUT2D eigenvalue weighted by molar-refractivity contribution is 0.250. The molecular weight excluding hydrogens is 202 g/mol. The summed E-state index contributed by atoms with van der Waals surface area (Å²) in [6, 6.07) is 5.28. The Labute approximate surface area is 88.7 Å². The Kier molecular flexibility index (Phi) is 4.20. The van der Waals surface area contributed by atoms with Crippen molar-refractivity contribution in [1.29, 1.82) is 0 Å². The van der Waals surface area contributed by atoms with E-state index in [4.69, 9.17) is 21.4 Å². The summed E-state index contributed by atoms with van der Waals surface area (Å²) in [5.41, 5.74) is 0.916. The third-order valence-electron chi connectivity index (χ3n) is 2.06. The summed E-state index contributed by atoms with van der Waals surface area (Å²) in [7, 11) is 3.37. The summed E-state index contributed by atoms with van der Waals surface area (Å²) in [5.74, 6) is 0.696. The van der Waals surface area contributed by atoms with Gasteiger partial charge in [0.05, 0.1) is 19.8 Å². The second-order valence-corrected chi connectivity index (χ2v) is 3.38. The highest BCUT2D eigenvalue weighted by atomic mass is 35.5. The molecule has 0 unspecified atom stereocenters. The van der Waals surface area contributed by atoms with E-state index >= 15 is 0 Å². The van der Waals surface area contributed by atoms with Crippen LogP contribution in [0, 0.1) is 0 Å². The van der Waals surface area contributed by atoms with Gasteiger partial charge in [0.25, 0.3) is 0 Å². The first kappa shape index (κ1) is 11.3. The van der Waals surface area contributed by atoms with E-state index in [0.29, 0.717) is 10.8 Å². The normalized spacial score (nSPS) is 12.6. The number of benzene rings is 1. The molecule has 0 aliphatic rings. The molecule has 0 amide bonds. The molecule has 0 bridgehead atoms. The molecule has 0 spiro atoms. The lowest BCUT2D eigenvalue weighted by Gasteiger charge is -2.14. The number of halogens is 1. The van der Waals surface area contributed by atoms with Crippen LogP contribution >= 0.6 is 11.6 Å². The molecule has 1 aromatic rings. The molecule has 0 heterocycles. The Morgan fingerprint density at radius 1 is 1.50 bits per heavy atom. The van der Waals surface area contributed by atoms with Crippen molar-refractivity contribution < 1.29 is 9.84 Å². The van der Waals surface area contributed by atoms with E-state index in [1.54, 1.807) is 20.2 Å². The van der Waals surface area contributed by atoms with Gasteiger partial charge in [-0.05, 0) is 30.8 Å². The summed E-state index contributed by atoms with van der Waals surface area (Å²) in [5, 5.41) is 12.7. The molecule has 1 rings (SSSR count). The van der Waals surface area contributed by atoms with Gasteiger partial charge >= 0.3 is 0 Å². The SMILES string of the molecule is CN[C@@H](CO)c1cc(Cl)cc(OC)c1. The molecule has 78 valence electrons. The van der Waals surface area contributed by atoms with E-state index in [1.165, 1.54) is 0 Å². The third-order valence-corrected chi connectivity index (χ3v) is 2.28. The molecule has 1 aromatic carbocycles. The molecule has 2 N–H and O–H groups in total. The maximum Gasteiger partial charge on any atom is 0.120 e. The van der Waals surface area contributed by atoms with Crippen LogP contribution in [0.4, 0.5) is 0 Å². The first-order valence-corrected chi connectivity index (χ1v) is 4.71. The van der Waals surface area contributed by atoms with Crippen LogP contribution in [0.5, 0.6) is 5.75 Å². The average Bonchev–Trinajstić information content (AvgIpc) is 2.19. The van der Waals surface area contributed by atoms with Gasteiger partial charge in [0.2, 0.25) is 0 Å². The molecule has 3 nitrogen and oxygen atoms in total. The first-order valence-electron chi connectivity index (χ1n) is 4.34. The number of aliphatic hydroxyl groups excluding tert-OH is 1. The molecule has 0 aliphatic heterocycles. The second kappa shape index (κ2) is 5.20. The quantitative estimate of drug-likeness (QED) is 0.802. The third kappa shape index (κ3) is 2.61. The number of rotatable bonds is 4. The highest BCUT2D eigenvalue weighted by Crippen LogP contribution is 2.24. The van der Waals surface area contributed by atoms with Gasteiger partial charge in [0, 0.05) is 5.02 Å². The number of nitrogens with one attached hydrogen (secondary N) is 1. The van der Waals surface area contributed by atoms with Crippen LogP contribution in [-0.4, -0.2) is 25.9 Å². The number of methoxy groups -OCH3 is 1. The predicted octanol–water partition coefficient (Wildman–Crippen LogP) is 1.60. The number of likely N-dealkylation sites (N-methyl/N-ethyl adjacent to an activating group) is 1. The first-order chi connectivity index (χ1) is 6.71. The lowest BCUT2D eigenvalue weighted by Crippen LogP contribution is -2.19. The van der Waals surface area contributed by atoms with E-state index in [-0.39, 0.29) is 12.6 Å². The van der Waals surface area contributed by atoms with E-state index in [2.05, 4.69) is 5.32 Å². The molecule has 0 aromatic heterocycles. The van der Waals surface area contributed by atoms with Crippen LogP contribution in [0.2, 0.25) is 5.02 Å². The van der Waals surface area contributed by atoms with Crippen molar-refractivity contribution in [3.05, 3.63) is 28.8 Å². The van der Waals surface area contributed by atoms with Crippen molar-refractivity contribution in [2.75, 3.05) is 20.8 Å². The van der Waals surface area contributed by atoms with Gasteiger partial charge < -0.3 is 15.2 Å². The van der Waals surface area contributed by atoms with Crippen molar-refractivity contribution in [3.8, 4) is 5.75 Å². The van der Waals surface area contributed by atoms with E-state index in [1.807, 2.05) is 12.1 Å². The Hall–Kier alpha value is -0.770. The molecule has 4 heteroatoms. The van der Waals surface area contributed by atoms with Crippen molar-refractivity contribution in [3.63, 3.8) is 0 Å². The Morgan fingerprint density at radius 2 is 2.21 bits per heavy atom. The minimum atomic E-state index is -0.109. The minimum Gasteiger partial charge on any atom is -0.497 e. The molecule has 0 radical (unpaired) electrons. The fourth-order valence-electron chi connectivity index (χ4n) is 1.27. The fourth-order valence-corrected chi connectivity index (χ4v) is 1.50. The number of hydrogen-bond donors (Lipinski definition) is 2. The zero-order valence-corrected chi connectivity index (χ0v) is 9.01. The topological polar surface area (TPSA) is 41.5 Å². The number of ether oxygens (including phenoxy) is 1. The Balaban J connectivity index is 3.01. The standard InChI is InChI=1S/C10H14ClNO2/c1-12-10(6-13)7-3-8(11)5-9(4-7)14-2/h3-5,10,12-13H,6H2,1-2H3/t10-/m0/s1. The molecular formula is C10H14ClNO2. The maximum atomic E-state index is 9.09. The van der Waals surface area contributed by atoms with Gasteiger partial charge in [-0.15, -0.1) is 0 Å². The van der Waals surface area contributed by atoms with Crippen LogP contribution in [-0.2, 0) is 0 Å². The van der Waals surface area contributed by atoms with Gasteiger partial charge in [0.15, 0.2) is 0 Å². The van der Waals surface area contributed by atoms with Crippen molar-refractivity contribution in [2.45, 2.75) is 6.04 Å². The van der Waals surface area contributed by atoms with Crippen molar-refractivity contribution >= 4 is 11.6 Å². The minimum absolute atomic E-state index is 0.0278. The molecule has 1 atom stereocenters. The summed E-state index contributed by atoms with van der Waals surface area (Å²) in [6.07, 6.45) is 0. The van der Waals surface area contributed by atoms with E-state index in [0.717, 1.165) is 5.56 Å². The van der Waals surface area contributed by atoms with E-state index < -0.39 is 0 Å². The summed E-state index contributed by atoms with van der Waals surface area (Å²) >= 11 is 5.90. The molecule has 0 saturated carbocycles. The smallest absolute Gasteiger partial charge is 0.120 e. The zero-order valence-electron chi connectivity index (χ0n) is 8.25. The van der Waals surface area contributed by atoms with Crippen molar-refractivity contribution in [2.24, 2.45) is 0 Å². The van der Waals surface area contributed by atoms with Crippen LogP contribution in [0.15, 0.2) is 18.2 Å². The molecule has 0 aliphatic carbocycles. The van der Waals surface area contributed by atoms with Crippen LogP contribution in [0.25, 0.3) is 0 Å². The summed E-state index contributed by atoms with van der Waals surface area (Å²) in [6.45, 7) is 0.0278. The highest BCUT2D eigenvalue weighted by Gasteiger charge is 2.09. The Morgan fingerprint density at radius 3 is 2.71 bits per heavy atom. The predicted molar refractivity (Wildman–Crippen MR) is 56.9 cm³/mol. The lowest BCUT2D eigenvalue weighted by atomic mass is 10.1. The Bertz CT molecular complexity index is 300. The van der Waals surface area contributed by atoms with Gasteiger partial charge in [-0.3, -0.25) is 0 Å². The summed E-state index contributed by atoms with van der Waals surface area (Å²) in [4.78, 5) is 0. The molecule has 0 fully saturated rings. The van der Waals surface area contributed by atoms with Crippen LogP contribution in [0.3, 0.4) is 0 Å². The average molecular weight is 216 g/mol. The van der Waals surface area contributed by atoms with E-state index in [9.17, 15) is 0 Å². The fraction of sp³-hybridized carbons (Fsp3) is 0.400. The van der Waals surface area contributed by atoms with Crippen LogP contribution in [0.1, 0.15) is 11.6 Å². The summed E-state index contributed by atoms with van der Waals surface area (Å²) < 4.78 is 5.08. The number of aliphatic hydroxyl groups is 1. The van der Waals surface area contributed by atoms with Gasteiger partial charge in [-0.1, -0.05) is 11.6 Å². The largest absolute Gasteiger partial charge is 0.497 e. The molecule has 14 heavy (non-hydrogen) atoms. The van der Waals surface area contributed by atoms with Crippen molar-refractivity contribution in [1.82, 2.24) is 5.32 Å². The van der Waals surface area contributed by atoms with Gasteiger partial charge in [0.1, 0.15) is 5.75 Å². The highest BCUT2D eigenvalue weighted by molar-refractivity contribution is 6.30. The van der Waals surface area contributed by atoms with Crippen LogP contribution < -0.4 is 10.1 Å². The van der Waals surface area contributed by atoms with Gasteiger partial charge in [-0.25, -0.2) is 0 Å². The zero-order chi connectivity index (χ0) is 10.6. The number of hydrogen-bond acceptors (Lipinski definition) is 3. The molecule has 0 saturated heterocycles. The monoisotopic (exact) mass is 215 g/mol. The second-order valence-electron chi connectivity index (χ2n) is 2.95. The maximum absolute atomic E-state index is 9.09.